The largest absolute Gasteiger partial charge is 0.506 e. The lowest BCUT2D eigenvalue weighted by Gasteiger charge is -2.40. The first kappa shape index (κ1) is 15.7. The van der Waals surface area contributed by atoms with Crippen molar-refractivity contribution in [3.05, 3.63) is 24.3 Å². The van der Waals surface area contributed by atoms with Gasteiger partial charge in [0.1, 0.15) is 11.9 Å². The number of benzene rings is 1. The van der Waals surface area contributed by atoms with Gasteiger partial charge in [0.25, 0.3) is 0 Å². The SMILES string of the molecule is CC(C)C1(C)CCCC(OC(=O)Nc2ccccc2O)C1. The molecule has 4 heteroatoms. The van der Waals surface area contributed by atoms with Gasteiger partial charge in [-0.15, -0.1) is 0 Å². The van der Waals surface area contributed by atoms with Gasteiger partial charge in [-0.2, -0.15) is 0 Å². The van der Waals surface area contributed by atoms with E-state index in [-0.39, 0.29) is 17.3 Å². The Kier molecular flexibility index (Phi) is 4.76. The third-order valence-corrected chi connectivity index (χ3v) is 4.78. The number of anilines is 1. The molecule has 1 aliphatic carbocycles. The molecule has 1 aliphatic rings. The molecule has 1 amide bonds. The molecule has 2 atom stereocenters. The first-order valence-electron chi connectivity index (χ1n) is 7.66. The summed E-state index contributed by atoms with van der Waals surface area (Å²) in [6.07, 6.45) is 3.55. The van der Waals surface area contributed by atoms with Gasteiger partial charge in [-0.05, 0) is 49.1 Å². The third-order valence-electron chi connectivity index (χ3n) is 4.78. The van der Waals surface area contributed by atoms with Gasteiger partial charge in [-0.3, -0.25) is 5.32 Å². The number of para-hydroxylation sites is 2. The maximum absolute atomic E-state index is 12.0. The molecule has 4 nitrogen and oxygen atoms in total. The number of nitrogens with one attached hydrogen (secondary N) is 1. The van der Waals surface area contributed by atoms with Gasteiger partial charge in [-0.1, -0.05) is 32.9 Å². The van der Waals surface area contributed by atoms with E-state index in [1.54, 1.807) is 18.2 Å². The van der Waals surface area contributed by atoms with Gasteiger partial charge in [0.15, 0.2) is 0 Å². The minimum Gasteiger partial charge on any atom is -0.506 e. The van der Waals surface area contributed by atoms with Crippen molar-refractivity contribution in [2.24, 2.45) is 11.3 Å². The first-order valence-corrected chi connectivity index (χ1v) is 7.66. The normalized spacial score (nSPS) is 25.6. The molecule has 0 radical (unpaired) electrons. The highest BCUT2D eigenvalue weighted by molar-refractivity contribution is 5.86. The highest BCUT2D eigenvalue weighted by Gasteiger charge is 2.36. The lowest BCUT2D eigenvalue weighted by atomic mass is 9.67. The Hall–Kier alpha value is -1.71. The summed E-state index contributed by atoms with van der Waals surface area (Å²) in [6, 6.07) is 6.65. The lowest BCUT2D eigenvalue weighted by molar-refractivity contribution is 0.0182. The van der Waals surface area contributed by atoms with Gasteiger partial charge in [0.05, 0.1) is 5.69 Å². The molecule has 0 aromatic heterocycles. The van der Waals surface area contributed by atoms with Crippen LogP contribution in [-0.2, 0) is 4.74 Å². The van der Waals surface area contributed by atoms with Gasteiger partial charge < -0.3 is 9.84 Å². The van der Waals surface area contributed by atoms with E-state index in [1.165, 1.54) is 12.5 Å². The average Bonchev–Trinajstić information content (AvgIpc) is 2.41. The van der Waals surface area contributed by atoms with E-state index < -0.39 is 6.09 Å². The van der Waals surface area contributed by atoms with E-state index >= 15 is 0 Å². The van der Waals surface area contributed by atoms with E-state index in [1.807, 2.05) is 0 Å². The highest BCUT2D eigenvalue weighted by atomic mass is 16.6. The zero-order valence-electron chi connectivity index (χ0n) is 13.1. The predicted molar refractivity (Wildman–Crippen MR) is 83.4 cm³/mol. The molecule has 1 aromatic rings. The maximum atomic E-state index is 12.0. The van der Waals surface area contributed by atoms with Crippen LogP contribution in [0, 0.1) is 11.3 Å². The van der Waals surface area contributed by atoms with Crippen LogP contribution in [0.15, 0.2) is 24.3 Å². The van der Waals surface area contributed by atoms with Crippen LogP contribution >= 0.6 is 0 Å². The second-order valence-corrected chi connectivity index (χ2v) is 6.57. The Bertz CT molecular complexity index is 501. The number of aromatic hydroxyl groups is 1. The van der Waals surface area contributed by atoms with Crippen LogP contribution in [0.5, 0.6) is 5.75 Å². The zero-order valence-corrected chi connectivity index (χ0v) is 13.1. The van der Waals surface area contributed by atoms with E-state index in [0.717, 1.165) is 19.3 Å². The monoisotopic (exact) mass is 291 g/mol. The fraction of sp³-hybridized carbons (Fsp3) is 0.588. The summed E-state index contributed by atoms with van der Waals surface area (Å²) in [5.74, 6) is 0.621. The molecule has 2 unspecified atom stereocenters. The van der Waals surface area contributed by atoms with Crippen LogP contribution < -0.4 is 5.32 Å². The highest BCUT2D eigenvalue weighted by Crippen LogP contribution is 2.42. The molecule has 2 rings (SSSR count). The van der Waals surface area contributed by atoms with Crippen LogP contribution in [0.1, 0.15) is 46.5 Å². The molecule has 0 saturated heterocycles. The molecule has 1 fully saturated rings. The molecular formula is C17H25NO3. The molecule has 116 valence electrons. The summed E-state index contributed by atoms with van der Waals surface area (Å²) >= 11 is 0. The van der Waals surface area contributed by atoms with Crippen LogP contribution in [0.2, 0.25) is 0 Å². The topological polar surface area (TPSA) is 58.6 Å². The molecule has 0 heterocycles. The smallest absolute Gasteiger partial charge is 0.412 e. The molecule has 21 heavy (non-hydrogen) atoms. The lowest BCUT2D eigenvalue weighted by Crippen LogP contribution is -2.36. The maximum Gasteiger partial charge on any atom is 0.412 e. The molecule has 0 aliphatic heterocycles. The second kappa shape index (κ2) is 6.37. The third kappa shape index (κ3) is 3.90. The van der Waals surface area contributed by atoms with Crippen molar-refractivity contribution in [3.63, 3.8) is 0 Å². The van der Waals surface area contributed by atoms with Crippen molar-refractivity contribution in [3.8, 4) is 5.75 Å². The summed E-state index contributed by atoms with van der Waals surface area (Å²) in [4.78, 5) is 12.0. The van der Waals surface area contributed by atoms with Crippen LogP contribution in [0.3, 0.4) is 0 Å². The summed E-state index contributed by atoms with van der Waals surface area (Å²) in [7, 11) is 0. The second-order valence-electron chi connectivity index (χ2n) is 6.57. The van der Waals surface area contributed by atoms with Crippen molar-refractivity contribution in [2.75, 3.05) is 5.32 Å². The van der Waals surface area contributed by atoms with Crippen molar-refractivity contribution >= 4 is 11.8 Å². The molecule has 0 spiro atoms. The van der Waals surface area contributed by atoms with Crippen molar-refractivity contribution in [1.29, 1.82) is 0 Å². The number of ether oxygens (including phenoxy) is 1. The Labute approximate surface area is 126 Å². The van der Waals surface area contributed by atoms with E-state index in [2.05, 4.69) is 26.1 Å². The Morgan fingerprint density at radius 1 is 1.43 bits per heavy atom. The van der Waals surface area contributed by atoms with Crippen LogP contribution in [0.4, 0.5) is 10.5 Å². The molecule has 1 saturated carbocycles. The fourth-order valence-electron chi connectivity index (χ4n) is 2.95. The number of hydrogen-bond acceptors (Lipinski definition) is 3. The van der Waals surface area contributed by atoms with Gasteiger partial charge in [0.2, 0.25) is 0 Å². The average molecular weight is 291 g/mol. The summed E-state index contributed by atoms with van der Waals surface area (Å²) in [5, 5.41) is 12.3. The zero-order chi connectivity index (χ0) is 15.5. The van der Waals surface area contributed by atoms with Crippen molar-refractivity contribution in [2.45, 2.75) is 52.6 Å². The van der Waals surface area contributed by atoms with Crippen LogP contribution in [0.25, 0.3) is 0 Å². The Morgan fingerprint density at radius 3 is 2.81 bits per heavy atom. The quantitative estimate of drug-likeness (QED) is 0.803. The molecule has 1 aromatic carbocycles. The summed E-state index contributed by atoms with van der Waals surface area (Å²) in [5.41, 5.74) is 0.614. The number of phenols is 1. The minimum atomic E-state index is -0.491. The summed E-state index contributed by atoms with van der Waals surface area (Å²) in [6.45, 7) is 6.73. The molecular weight excluding hydrogens is 266 g/mol. The van der Waals surface area contributed by atoms with E-state index in [4.69, 9.17) is 4.74 Å². The number of phenolic OH excluding ortho intramolecular Hbond substituents is 1. The van der Waals surface area contributed by atoms with Crippen molar-refractivity contribution in [1.82, 2.24) is 0 Å². The fourth-order valence-corrected chi connectivity index (χ4v) is 2.95. The predicted octanol–water partition coefficient (Wildman–Crippen LogP) is 4.55. The van der Waals surface area contributed by atoms with Crippen LogP contribution in [-0.4, -0.2) is 17.3 Å². The molecule has 0 bridgehead atoms. The standard InChI is InChI=1S/C17H25NO3/c1-12(2)17(3)10-6-7-13(11-17)21-16(20)18-14-8-4-5-9-15(14)19/h4-5,8-9,12-13,19H,6-7,10-11H2,1-3H3,(H,18,20). The van der Waals surface area contributed by atoms with Gasteiger partial charge in [-0.25, -0.2) is 4.79 Å². The number of rotatable bonds is 3. The van der Waals surface area contributed by atoms with E-state index in [0.29, 0.717) is 11.6 Å². The number of hydrogen-bond donors (Lipinski definition) is 2. The summed E-state index contributed by atoms with van der Waals surface area (Å²) < 4.78 is 5.53. The van der Waals surface area contributed by atoms with Gasteiger partial charge >= 0.3 is 6.09 Å². The Morgan fingerprint density at radius 2 is 2.14 bits per heavy atom. The number of amides is 1. The first-order chi connectivity index (χ1) is 9.90. The van der Waals surface area contributed by atoms with Gasteiger partial charge in [0, 0.05) is 0 Å². The van der Waals surface area contributed by atoms with Crippen molar-refractivity contribution < 1.29 is 14.6 Å². The molecule has 2 N–H and O–H groups in total. The number of carbonyl (C=O) groups excluding carboxylic acids is 1. The number of carbonyl (C=O) groups is 1. The Balaban J connectivity index is 1.92. The van der Waals surface area contributed by atoms with E-state index in [9.17, 15) is 9.90 Å². The minimum absolute atomic E-state index is 0.0444.